The van der Waals surface area contributed by atoms with E-state index in [2.05, 4.69) is 5.10 Å². The molecule has 1 aromatic heterocycles. The van der Waals surface area contributed by atoms with Crippen LogP contribution in [-0.2, 0) is 4.79 Å². The first kappa shape index (κ1) is 13.1. The number of carbonyl (C=O) groups excluding carboxylic acids is 1. The van der Waals surface area contributed by atoms with Gasteiger partial charge in [-0.05, 0) is 39.2 Å². The standard InChI is InChI=1S/C13H22N4O/c1-10-7-15-17(8-10)11-5-4-6-16(9-11)12(18)13(2,3)14/h7-8,11H,4-6,9,14H2,1-3H3. The molecule has 5 heteroatoms. The van der Waals surface area contributed by atoms with Gasteiger partial charge in [0.25, 0.3) is 0 Å². The predicted octanol–water partition coefficient (Wildman–Crippen LogP) is 1.09. The van der Waals surface area contributed by atoms with Crippen LogP contribution in [0.5, 0.6) is 0 Å². The van der Waals surface area contributed by atoms with Crippen LogP contribution in [0.1, 0.15) is 38.3 Å². The Morgan fingerprint density at radius 3 is 2.83 bits per heavy atom. The molecule has 0 bridgehead atoms. The first-order valence-corrected chi connectivity index (χ1v) is 6.47. The van der Waals surface area contributed by atoms with Crippen molar-refractivity contribution in [3.8, 4) is 0 Å². The van der Waals surface area contributed by atoms with Crippen molar-refractivity contribution in [1.29, 1.82) is 0 Å². The summed E-state index contributed by atoms with van der Waals surface area (Å²) in [4.78, 5) is 14.0. The molecule has 1 atom stereocenters. The number of nitrogens with zero attached hydrogens (tertiary/aromatic N) is 3. The Labute approximate surface area is 108 Å². The Morgan fingerprint density at radius 1 is 1.56 bits per heavy atom. The van der Waals surface area contributed by atoms with Crippen LogP contribution in [-0.4, -0.2) is 39.2 Å². The van der Waals surface area contributed by atoms with Crippen LogP contribution in [0.3, 0.4) is 0 Å². The molecule has 2 N–H and O–H groups in total. The Kier molecular flexibility index (Phi) is 3.43. The lowest BCUT2D eigenvalue weighted by molar-refractivity contribution is -0.137. The Bertz CT molecular complexity index is 432. The van der Waals surface area contributed by atoms with Gasteiger partial charge >= 0.3 is 0 Å². The minimum absolute atomic E-state index is 0.0241. The van der Waals surface area contributed by atoms with Crippen LogP contribution in [0.4, 0.5) is 0 Å². The van der Waals surface area contributed by atoms with Crippen molar-refractivity contribution in [2.24, 2.45) is 5.73 Å². The van der Waals surface area contributed by atoms with Crippen molar-refractivity contribution in [2.45, 2.75) is 45.2 Å². The fraction of sp³-hybridized carbons (Fsp3) is 0.692. The van der Waals surface area contributed by atoms with Gasteiger partial charge in [0.15, 0.2) is 0 Å². The SMILES string of the molecule is Cc1cnn(C2CCCN(C(=O)C(C)(C)N)C2)c1. The number of aromatic nitrogens is 2. The van der Waals surface area contributed by atoms with Gasteiger partial charge in [0, 0.05) is 19.3 Å². The maximum absolute atomic E-state index is 12.2. The van der Waals surface area contributed by atoms with E-state index in [1.807, 2.05) is 28.9 Å². The van der Waals surface area contributed by atoms with Gasteiger partial charge in [-0.25, -0.2) is 0 Å². The molecule has 0 aliphatic carbocycles. The largest absolute Gasteiger partial charge is 0.339 e. The summed E-state index contributed by atoms with van der Waals surface area (Å²) < 4.78 is 1.97. The first-order chi connectivity index (χ1) is 8.38. The summed E-state index contributed by atoms with van der Waals surface area (Å²) >= 11 is 0. The number of amides is 1. The lowest BCUT2D eigenvalue weighted by Gasteiger charge is -2.36. The van der Waals surface area contributed by atoms with Gasteiger partial charge < -0.3 is 10.6 Å². The van der Waals surface area contributed by atoms with E-state index in [1.165, 1.54) is 0 Å². The number of rotatable bonds is 2. The summed E-state index contributed by atoms with van der Waals surface area (Å²) in [5, 5.41) is 4.34. The third-order valence-electron chi connectivity index (χ3n) is 3.34. The van der Waals surface area contributed by atoms with E-state index in [-0.39, 0.29) is 11.9 Å². The van der Waals surface area contributed by atoms with Gasteiger partial charge in [-0.1, -0.05) is 0 Å². The third kappa shape index (κ3) is 2.72. The Hall–Kier alpha value is -1.36. The number of carbonyl (C=O) groups is 1. The van der Waals surface area contributed by atoms with E-state index in [0.717, 1.165) is 24.9 Å². The van der Waals surface area contributed by atoms with Gasteiger partial charge in [0.1, 0.15) is 0 Å². The maximum Gasteiger partial charge on any atom is 0.242 e. The first-order valence-electron chi connectivity index (χ1n) is 6.47. The predicted molar refractivity (Wildman–Crippen MR) is 70.1 cm³/mol. The zero-order valence-electron chi connectivity index (χ0n) is 11.4. The second-order valence-corrected chi connectivity index (χ2v) is 5.77. The highest BCUT2D eigenvalue weighted by Crippen LogP contribution is 2.22. The molecule has 1 aliphatic rings. The zero-order valence-corrected chi connectivity index (χ0v) is 11.4. The van der Waals surface area contributed by atoms with Crippen molar-refractivity contribution in [3.05, 3.63) is 18.0 Å². The highest BCUT2D eigenvalue weighted by atomic mass is 16.2. The molecule has 0 radical (unpaired) electrons. The number of likely N-dealkylation sites (tertiary alicyclic amines) is 1. The van der Waals surface area contributed by atoms with Gasteiger partial charge in [-0.15, -0.1) is 0 Å². The molecule has 1 aliphatic heterocycles. The number of aryl methyl sites for hydroxylation is 1. The fourth-order valence-electron chi connectivity index (χ4n) is 2.40. The summed E-state index contributed by atoms with van der Waals surface area (Å²) in [6, 6.07) is 0.277. The minimum atomic E-state index is -0.790. The lowest BCUT2D eigenvalue weighted by atomic mass is 10.0. The number of piperidine rings is 1. The van der Waals surface area contributed by atoms with E-state index in [4.69, 9.17) is 5.73 Å². The molecule has 18 heavy (non-hydrogen) atoms. The summed E-state index contributed by atoms with van der Waals surface area (Å²) in [5.74, 6) is 0.0241. The van der Waals surface area contributed by atoms with Gasteiger partial charge in [0.2, 0.25) is 5.91 Å². The highest BCUT2D eigenvalue weighted by molar-refractivity contribution is 5.85. The average Bonchev–Trinajstić information content (AvgIpc) is 2.74. The molecular weight excluding hydrogens is 228 g/mol. The van der Waals surface area contributed by atoms with E-state index in [9.17, 15) is 4.79 Å². The molecule has 1 fully saturated rings. The summed E-state index contributed by atoms with van der Waals surface area (Å²) in [7, 11) is 0. The van der Waals surface area contributed by atoms with Crippen molar-refractivity contribution in [2.75, 3.05) is 13.1 Å². The molecule has 100 valence electrons. The summed E-state index contributed by atoms with van der Waals surface area (Å²) in [6.07, 6.45) is 5.96. The van der Waals surface area contributed by atoms with Crippen LogP contribution < -0.4 is 5.73 Å². The quantitative estimate of drug-likeness (QED) is 0.854. The van der Waals surface area contributed by atoms with Gasteiger partial charge in [-0.3, -0.25) is 9.48 Å². The molecule has 2 rings (SSSR count). The maximum atomic E-state index is 12.2. The molecule has 1 saturated heterocycles. The number of hydrogen-bond donors (Lipinski definition) is 1. The van der Waals surface area contributed by atoms with E-state index in [1.54, 1.807) is 13.8 Å². The van der Waals surface area contributed by atoms with Crippen LogP contribution in [0, 0.1) is 6.92 Å². The second-order valence-electron chi connectivity index (χ2n) is 5.77. The van der Waals surface area contributed by atoms with Crippen molar-refractivity contribution in [1.82, 2.24) is 14.7 Å². The fourth-order valence-corrected chi connectivity index (χ4v) is 2.40. The molecule has 2 heterocycles. The van der Waals surface area contributed by atoms with Gasteiger partial charge in [0.05, 0.1) is 17.8 Å². The topological polar surface area (TPSA) is 64.2 Å². The molecule has 1 unspecified atom stereocenters. The molecule has 1 aromatic rings. The smallest absolute Gasteiger partial charge is 0.242 e. The summed E-state index contributed by atoms with van der Waals surface area (Å²) in [6.45, 7) is 7.06. The molecule has 0 spiro atoms. The molecule has 0 saturated carbocycles. The van der Waals surface area contributed by atoms with Crippen molar-refractivity contribution < 1.29 is 4.79 Å². The number of hydrogen-bond acceptors (Lipinski definition) is 3. The normalized spacial score (nSPS) is 21.1. The van der Waals surface area contributed by atoms with Crippen LogP contribution in [0.25, 0.3) is 0 Å². The Morgan fingerprint density at radius 2 is 2.28 bits per heavy atom. The van der Waals surface area contributed by atoms with E-state index >= 15 is 0 Å². The van der Waals surface area contributed by atoms with E-state index in [0.29, 0.717) is 6.54 Å². The highest BCUT2D eigenvalue weighted by Gasteiger charge is 2.32. The van der Waals surface area contributed by atoms with Crippen molar-refractivity contribution in [3.63, 3.8) is 0 Å². The minimum Gasteiger partial charge on any atom is -0.339 e. The monoisotopic (exact) mass is 250 g/mol. The van der Waals surface area contributed by atoms with Crippen LogP contribution >= 0.6 is 0 Å². The Balaban J connectivity index is 2.07. The third-order valence-corrected chi connectivity index (χ3v) is 3.34. The number of nitrogens with two attached hydrogens (primary N) is 1. The summed E-state index contributed by atoms with van der Waals surface area (Å²) in [5.41, 5.74) is 6.25. The van der Waals surface area contributed by atoms with Gasteiger partial charge in [-0.2, -0.15) is 5.10 Å². The lowest BCUT2D eigenvalue weighted by Crippen LogP contribution is -2.53. The van der Waals surface area contributed by atoms with Crippen LogP contribution in [0.15, 0.2) is 12.4 Å². The second kappa shape index (κ2) is 4.72. The van der Waals surface area contributed by atoms with E-state index < -0.39 is 5.54 Å². The molecule has 0 aromatic carbocycles. The van der Waals surface area contributed by atoms with Crippen molar-refractivity contribution >= 4 is 5.91 Å². The van der Waals surface area contributed by atoms with Crippen LogP contribution in [0.2, 0.25) is 0 Å². The molecule has 5 nitrogen and oxygen atoms in total. The molecular formula is C13H22N4O. The zero-order chi connectivity index (χ0) is 13.3. The average molecular weight is 250 g/mol. The molecule has 1 amide bonds.